The fraction of sp³-hybridized carbons (Fsp3) is 0.200. The van der Waals surface area contributed by atoms with Crippen molar-refractivity contribution in [1.82, 2.24) is 15.6 Å². The predicted octanol–water partition coefficient (Wildman–Crippen LogP) is 0.770. The minimum Gasteiger partial charge on any atom is -0.340 e. The van der Waals surface area contributed by atoms with E-state index < -0.39 is 11.9 Å². The lowest BCUT2D eigenvalue weighted by Crippen LogP contribution is -2.52. The maximum Gasteiger partial charge on any atom is 0.254 e. The van der Waals surface area contributed by atoms with Crippen molar-refractivity contribution in [2.24, 2.45) is 0 Å². The van der Waals surface area contributed by atoms with Gasteiger partial charge in [-0.25, -0.2) is 0 Å². The molecule has 106 valence electrons. The van der Waals surface area contributed by atoms with Crippen LogP contribution >= 0.6 is 0 Å². The van der Waals surface area contributed by atoms with E-state index in [4.69, 9.17) is 0 Å². The highest BCUT2D eigenvalue weighted by atomic mass is 16.2. The number of rotatable bonds is 2. The molecule has 0 radical (unpaired) electrons. The van der Waals surface area contributed by atoms with Gasteiger partial charge >= 0.3 is 0 Å². The first kappa shape index (κ1) is 13.2. The summed E-state index contributed by atoms with van der Waals surface area (Å²) in [5, 5.41) is 6.50. The van der Waals surface area contributed by atoms with Crippen molar-refractivity contribution in [2.75, 3.05) is 0 Å². The first-order chi connectivity index (χ1) is 10.1. The van der Waals surface area contributed by atoms with Crippen molar-refractivity contribution in [3.05, 3.63) is 42.2 Å². The van der Waals surface area contributed by atoms with Gasteiger partial charge in [-0.3, -0.25) is 24.7 Å². The van der Waals surface area contributed by atoms with Gasteiger partial charge in [0.2, 0.25) is 11.8 Å². The Morgan fingerprint density at radius 2 is 2.05 bits per heavy atom. The molecule has 1 saturated heterocycles. The summed E-state index contributed by atoms with van der Waals surface area (Å²) in [6.07, 6.45) is 3.70. The number of imide groups is 1. The molecular formula is C15H13N3O3. The number of piperidine rings is 1. The van der Waals surface area contributed by atoms with E-state index >= 15 is 0 Å². The molecule has 1 aromatic heterocycles. The Balaban J connectivity index is 1.84. The van der Waals surface area contributed by atoms with Crippen LogP contribution in [0.1, 0.15) is 23.2 Å². The van der Waals surface area contributed by atoms with Crippen LogP contribution in [0.3, 0.4) is 0 Å². The van der Waals surface area contributed by atoms with Crippen molar-refractivity contribution in [3.8, 4) is 0 Å². The normalized spacial score (nSPS) is 18.4. The zero-order valence-electron chi connectivity index (χ0n) is 11.1. The van der Waals surface area contributed by atoms with Crippen LogP contribution in [0.5, 0.6) is 0 Å². The van der Waals surface area contributed by atoms with Crippen LogP contribution in [-0.4, -0.2) is 28.7 Å². The summed E-state index contributed by atoms with van der Waals surface area (Å²) in [5.74, 6) is -1.14. The third-order valence-electron chi connectivity index (χ3n) is 3.46. The number of pyridine rings is 1. The Kier molecular flexibility index (Phi) is 3.35. The van der Waals surface area contributed by atoms with Gasteiger partial charge in [-0.15, -0.1) is 0 Å². The average molecular weight is 283 g/mol. The first-order valence-electron chi connectivity index (χ1n) is 6.62. The van der Waals surface area contributed by atoms with Gasteiger partial charge in [-0.2, -0.15) is 0 Å². The van der Waals surface area contributed by atoms with Gasteiger partial charge in [0.05, 0.1) is 5.56 Å². The smallest absolute Gasteiger partial charge is 0.254 e. The monoisotopic (exact) mass is 283 g/mol. The number of nitrogens with one attached hydrogen (secondary N) is 2. The summed E-state index contributed by atoms with van der Waals surface area (Å²) in [5.41, 5.74) is 0.415. The molecule has 3 rings (SSSR count). The molecule has 1 aliphatic heterocycles. The molecule has 2 aromatic rings. The van der Waals surface area contributed by atoms with Gasteiger partial charge in [-0.05, 0) is 11.8 Å². The molecule has 0 spiro atoms. The van der Waals surface area contributed by atoms with E-state index in [1.165, 1.54) is 6.20 Å². The van der Waals surface area contributed by atoms with E-state index in [1.54, 1.807) is 6.20 Å². The molecule has 1 fully saturated rings. The quantitative estimate of drug-likeness (QED) is 0.797. The highest BCUT2D eigenvalue weighted by molar-refractivity contribution is 6.09. The molecule has 1 aliphatic rings. The number of carbonyl (C=O) groups excluding carboxylic acids is 3. The molecule has 6 nitrogen and oxygen atoms in total. The van der Waals surface area contributed by atoms with Crippen LogP contribution in [0.2, 0.25) is 0 Å². The van der Waals surface area contributed by atoms with Crippen LogP contribution < -0.4 is 10.6 Å². The zero-order chi connectivity index (χ0) is 14.8. The number of nitrogens with zero attached hydrogens (tertiary/aromatic N) is 1. The van der Waals surface area contributed by atoms with Crippen LogP contribution in [0.4, 0.5) is 0 Å². The SMILES string of the molecule is O=C1CCC(NC(=O)c2cncc3ccccc23)C(=O)N1. The molecule has 0 bridgehead atoms. The Bertz CT molecular complexity index is 737. The highest BCUT2D eigenvalue weighted by Crippen LogP contribution is 2.17. The van der Waals surface area contributed by atoms with E-state index in [0.29, 0.717) is 12.0 Å². The Morgan fingerprint density at radius 1 is 1.24 bits per heavy atom. The summed E-state index contributed by atoms with van der Waals surface area (Å²) < 4.78 is 0. The van der Waals surface area contributed by atoms with E-state index in [-0.39, 0.29) is 18.2 Å². The third kappa shape index (κ3) is 2.60. The lowest BCUT2D eigenvalue weighted by Gasteiger charge is -2.22. The van der Waals surface area contributed by atoms with Crippen molar-refractivity contribution >= 4 is 28.5 Å². The number of fused-ring (bicyclic) bond motifs is 1. The van der Waals surface area contributed by atoms with E-state index in [0.717, 1.165) is 10.8 Å². The van der Waals surface area contributed by atoms with Crippen LogP contribution in [0.15, 0.2) is 36.7 Å². The van der Waals surface area contributed by atoms with Crippen molar-refractivity contribution < 1.29 is 14.4 Å². The molecule has 3 amide bonds. The molecule has 1 unspecified atom stereocenters. The van der Waals surface area contributed by atoms with E-state index in [1.807, 2.05) is 24.3 Å². The number of benzene rings is 1. The number of aromatic nitrogens is 1. The summed E-state index contributed by atoms with van der Waals surface area (Å²) >= 11 is 0. The lowest BCUT2D eigenvalue weighted by molar-refractivity contribution is -0.134. The van der Waals surface area contributed by atoms with E-state index in [9.17, 15) is 14.4 Å². The van der Waals surface area contributed by atoms with Crippen LogP contribution in [-0.2, 0) is 9.59 Å². The zero-order valence-corrected chi connectivity index (χ0v) is 11.1. The Labute approximate surface area is 120 Å². The molecule has 0 saturated carbocycles. The third-order valence-corrected chi connectivity index (χ3v) is 3.46. The second kappa shape index (κ2) is 5.32. The molecule has 2 N–H and O–H groups in total. The van der Waals surface area contributed by atoms with Crippen LogP contribution in [0, 0.1) is 0 Å². The average Bonchev–Trinajstić information content (AvgIpc) is 2.49. The van der Waals surface area contributed by atoms with Gasteiger partial charge in [0.15, 0.2) is 0 Å². The predicted molar refractivity (Wildman–Crippen MR) is 75.4 cm³/mol. The molecule has 6 heteroatoms. The topological polar surface area (TPSA) is 88.2 Å². The molecule has 0 aliphatic carbocycles. The van der Waals surface area contributed by atoms with Gasteiger partial charge in [0, 0.05) is 24.2 Å². The van der Waals surface area contributed by atoms with Crippen molar-refractivity contribution in [1.29, 1.82) is 0 Å². The summed E-state index contributed by atoms with van der Waals surface area (Å²) in [7, 11) is 0. The number of hydrogen-bond donors (Lipinski definition) is 2. The summed E-state index contributed by atoms with van der Waals surface area (Å²) in [6.45, 7) is 0. The first-order valence-corrected chi connectivity index (χ1v) is 6.62. The molecular weight excluding hydrogens is 270 g/mol. The maximum absolute atomic E-state index is 12.3. The summed E-state index contributed by atoms with van der Waals surface area (Å²) in [6, 6.07) is 6.72. The van der Waals surface area contributed by atoms with Crippen LogP contribution in [0.25, 0.3) is 10.8 Å². The van der Waals surface area contributed by atoms with Crippen molar-refractivity contribution in [3.63, 3.8) is 0 Å². The molecule has 21 heavy (non-hydrogen) atoms. The molecule has 2 heterocycles. The van der Waals surface area contributed by atoms with Gasteiger partial charge in [0.25, 0.3) is 5.91 Å². The van der Waals surface area contributed by atoms with Gasteiger partial charge in [-0.1, -0.05) is 24.3 Å². The second-order valence-electron chi connectivity index (χ2n) is 4.89. The van der Waals surface area contributed by atoms with Gasteiger partial charge < -0.3 is 5.32 Å². The maximum atomic E-state index is 12.3. The Hall–Kier alpha value is -2.76. The van der Waals surface area contributed by atoms with Gasteiger partial charge in [0.1, 0.15) is 6.04 Å². The number of amides is 3. The molecule has 1 atom stereocenters. The minimum atomic E-state index is -0.686. The largest absolute Gasteiger partial charge is 0.340 e. The fourth-order valence-corrected chi connectivity index (χ4v) is 2.36. The van der Waals surface area contributed by atoms with Crippen molar-refractivity contribution in [2.45, 2.75) is 18.9 Å². The Morgan fingerprint density at radius 3 is 2.86 bits per heavy atom. The fourth-order valence-electron chi connectivity index (χ4n) is 2.36. The lowest BCUT2D eigenvalue weighted by atomic mass is 10.0. The highest BCUT2D eigenvalue weighted by Gasteiger charge is 2.28. The number of hydrogen-bond acceptors (Lipinski definition) is 4. The second-order valence-corrected chi connectivity index (χ2v) is 4.89. The minimum absolute atomic E-state index is 0.227. The number of carbonyl (C=O) groups is 3. The molecule has 1 aromatic carbocycles. The van der Waals surface area contributed by atoms with E-state index in [2.05, 4.69) is 15.6 Å². The summed E-state index contributed by atoms with van der Waals surface area (Å²) in [4.78, 5) is 39.1. The standard InChI is InChI=1S/C15H13N3O3/c19-13-6-5-12(15(21)18-13)17-14(20)11-8-16-7-9-3-1-2-4-10(9)11/h1-4,7-8,12H,5-6H2,(H,17,20)(H,18,19,21).